The lowest BCUT2D eigenvalue weighted by molar-refractivity contribution is 0.102. The van der Waals surface area contributed by atoms with Gasteiger partial charge in [-0.05, 0) is 43.7 Å². The fraction of sp³-hybridized carbons (Fsp3) is 0.148. The van der Waals surface area contributed by atoms with Crippen LogP contribution in [0.2, 0.25) is 0 Å². The van der Waals surface area contributed by atoms with Gasteiger partial charge in [0.1, 0.15) is 22.9 Å². The number of hydrogen-bond acceptors (Lipinski definition) is 6. The summed E-state index contributed by atoms with van der Waals surface area (Å²) in [6.07, 6.45) is 4.29. The number of H-pyrrole nitrogens is 1. The van der Waals surface area contributed by atoms with E-state index in [1.165, 1.54) is 48.8 Å². The number of benzene rings is 2. The number of ether oxygens (including phenoxy) is 1. The molecule has 0 saturated carbocycles. The van der Waals surface area contributed by atoms with Gasteiger partial charge in [-0.1, -0.05) is 12.1 Å². The summed E-state index contributed by atoms with van der Waals surface area (Å²) >= 11 is 1.58. The molecule has 3 heterocycles. The summed E-state index contributed by atoms with van der Waals surface area (Å²) in [7, 11) is 0. The molecule has 0 saturated heterocycles. The number of nitrogens with one attached hydrogen (secondary N) is 3. The van der Waals surface area contributed by atoms with E-state index in [1.807, 2.05) is 0 Å². The fourth-order valence-corrected chi connectivity index (χ4v) is 4.89. The normalized spacial score (nSPS) is 13.8. The van der Waals surface area contributed by atoms with Crippen molar-refractivity contribution in [3.63, 3.8) is 0 Å². The van der Waals surface area contributed by atoms with E-state index >= 15 is 0 Å². The first-order chi connectivity index (χ1) is 17.7. The van der Waals surface area contributed by atoms with Crippen LogP contribution in [0.25, 0.3) is 11.1 Å². The molecule has 2 aromatic carbocycles. The van der Waals surface area contributed by atoms with Gasteiger partial charge < -0.3 is 20.4 Å². The Hall–Kier alpha value is -4.18. The van der Waals surface area contributed by atoms with Crippen molar-refractivity contribution in [3.05, 3.63) is 94.5 Å². The van der Waals surface area contributed by atoms with Crippen molar-refractivity contribution in [3.8, 4) is 22.6 Å². The summed E-state index contributed by atoms with van der Waals surface area (Å²) in [4.78, 5) is 33.6. The van der Waals surface area contributed by atoms with E-state index in [9.17, 15) is 18.4 Å². The van der Waals surface area contributed by atoms with Crippen LogP contribution in [0.3, 0.4) is 0 Å². The number of hydrogen-bond donors (Lipinski definition) is 3. The number of thioether (sulfide) groups is 1. The molecule has 10 heteroatoms. The van der Waals surface area contributed by atoms with Crippen molar-refractivity contribution < 1.29 is 18.3 Å². The summed E-state index contributed by atoms with van der Waals surface area (Å²) < 4.78 is 34.0. The van der Waals surface area contributed by atoms with Crippen LogP contribution < -0.4 is 20.8 Å². The highest BCUT2D eigenvalue weighted by atomic mass is 32.2. The van der Waals surface area contributed by atoms with E-state index in [2.05, 4.69) is 34.4 Å². The zero-order chi connectivity index (χ0) is 26.2. The molecule has 0 spiro atoms. The third-order valence-corrected chi connectivity index (χ3v) is 7.21. The highest BCUT2D eigenvalue weighted by molar-refractivity contribution is 7.99. The van der Waals surface area contributed by atoms with E-state index in [4.69, 9.17) is 4.74 Å². The monoisotopic (exact) mass is 520 g/mol. The Bertz CT molecular complexity index is 1550. The number of carbonyl (C=O) groups is 1. The number of amides is 1. The summed E-state index contributed by atoms with van der Waals surface area (Å²) in [5.74, 6) is 0.0726. The molecule has 3 N–H and O–H groups in total. The van der Waals surface area contributed by atoms with Crippen LogP contribution in [0.15, 0.2) is 76.8 Å². The molecule has 4 aromatic rings. The van der Waals surface area contributed by atoms with Crippen LogP contribution >= 0.6 is 11.8 Å². The number of halogens is 2. The minimum atomic E-state index is -0.716. The molecule has 1 aliphatic rings. The highest BCUT2D eigenvalue weighted by Crippen LogP contribution is 2.43. The average Bonchev–Trinajstić information content (AvgIpc) is 2.86. The van der Waals surface area contributed by atoms with E-state index in [1.54, 1.807) is 24.0 Å². The lowest BCUT2D eigenvalue weighted by atomic mass is 10.0. The zero-order valence-corrected chi connectivity index (χ0v) is 20.7. The maximum absolute atomic E-state index is 14.9. The third-order valence-electron chi connectivity index (χ3n) is 5.66. The molecule has 0 aliphatic carbocycles. The Kier molecular flexibility index (Phi) is 6.43. The number of anilines is 2. The second-order valence-electron chi connectivity index (χ2n) is 9.10. The van der Waals surface area contributed by atoms with Gasteiger partial charge in [0.25, 0.3) is 5.91 Å². The molecule has 0 unspecified atom stereocenters. The minimum absolute atomic E-state index is 0.0204. The zero-order valence-electron chi connectivity index (χ0n) is 19.9. The quantitative estimate of drug-likeness (QED) is 0.296. The molecule has 0 fully saturated rings. The summed E-state index contributed by atoms with van der Waals surface area (Å²) in [6, 6.07) is 11.0. The van der Waals surface area contributed by atoms with Gasteiger partial charge in [0.2, 0.25) is 5.43 Å². The van der Waals surface area contributed by atoms with E-state index in [0.717, 1.165) is 16.7 Å². The Morgan fingerprint density at radius 2 is 1.86 bits per heavy atom. The van der Waals surface area contributed by atoms with Crippen LogP contribution in [0, 0.1) is 11.6 Å². The summed E-state index contributed by atoms with van der Waals surface area (Å²) in [5.41, 5.74) is -0.0252. The molecule has 2 aromatic heterocycles. The van der Waals surface area contributed by atoms with Gasteiger partial charge in [-0.15, -0.1) is 11.8 Å². The first-order valence-electron chi connectivity index (χ1n) is 11.4. The molecule has 0 radical (unpaired) electrons. The van der Waals surface area contributed by atoms with E-state index in [-0.39, 0.29) is 28.1 Å². The number of aromatic nitrogens is 2. The second-order valence-corrected chi connectivity index (χ2v) is 10.1. The smallest absolute Gasteiger partial charge is 0.261 e. The van der Waals surface area contributed by atoms with Gasteiger partial charge in [0.15, 0.2) is 11.6 Å². The number of nitrogens with zero attached hydrogens (tertiary/aromatic N) is 1. The number of pyridine rings is 2. The van der Waals surface area contributed by atoms with Crippen LogP contribution in [-0.2, 0) is 0 Å². The maximum atomic E-state index is 14.9. The fourth-order valence-electron chi connectivity index (χ4n) is 3.82. The van der Waals surface area contributed by atoms with Crippen molar-refractivity contribution in [2.24, 2.45) is 0 Å². The van der Waals surface area contributed by atoms with E-state index in [0.29, 0.717) is 17.1 Å². The molecular formula is C27H22F2N4O3S. The van der Waals surface area contributed by atoms with Crippen LogP contribution in [0.5, 0.6) is 11.5 Å². The van der Waals surface area contributed by atoms with Gasteiger partial charge in [-0.3, -0.25) is 9.59 Å². The van der Waals surface area contributed by atoms with Gasteiger partial charge >= 0.3 is 0 Å². The topological polar surface area (TPSA) is 96.1 Å². The van der Waals surface area contributed by atoms with Gasteiger partial charge in [0.05, 0.1) is 4.90 Å². The molecule has 0 atom stereocenters. The summed E-state index contributed by atoms with van der Waals surface area (Å²) in [6.45, 7) is 4.13. The van der Waals surface area contributed by atoms with Crippen LogP contribution in [0.4, 0.5) is 20.3 Å². The lowest BCUT2D eigenvalue weighted by Crippen LogP contribution is -2.36. The Morgan fingerprint density at radius 3 is 2.62 bits per heavy atom. The first-order valence-corrected chi connectivity index (χ1v) is 12.3. The van der Waals surface area contributed by atoms with Crippen molar-refractivity contribution >= 4 is 29.2 Å². The number of carbonyl (C=O) groups excluding carboxylic acids is 1. The van der Waals surface area contributed by atoms with E-state index < -0.39 is 23.0 Å². The van der Waals surface area contributed by atoms with Gasteiger partial charge in [-0.2, -0.15) is 0 Å². The number of aromatic amines is 1. The first kappa shape index (κ1) is 24.5. The Labute approximate surface area is 215 Å². The number of fused-ring (bicyclic) bond motifs is 1. The Balaban J connectivity index is 1.34. The van der Waals surface area contributed by atoms with Crippen molar-refractivity contribution in [1.29, 1.82) is 0 Å². The average molecular weight is 521 g/mol. The number of rotatable bonds is 5. The molecule has 5 rings (SSSR count). The Morgan fingerprint density at radius 1 is 1.08 bits per heavy atom. The predicted octanol–water partition coefficient (Wildman–Crippen LogP) is 6.06. The summed E-state index contributed by atoms with van der Waals surface area (Å²) in [5, 5.41) is 5.89. The molecule has 1 aliphatic heterocycles. The second kappa shape index (κ2) is 9.70. The maximum Gasteiger partial charge on any atom is 0.261 e. The minimum Gasteiger partial charge on any atom is -0.453 e. The molecule has 0 bridgehead atoms. The van der Waals surface area contributed by atoms with Crippen LogP contribution in [-0.4, -0.2) is 27.2 Å². The standard InChI is InChI=1S/C27H22F2N4O3S/c1-27(2)14-37-24-22(9-10-31-25(24)33-27)36-21-8-7-17(11-20(21)29)32-26(35)19-13-30-12-18(23(19)34)15-3-5-16(28)6-4-15/h3-13H,14H2,1-2H3,(H,30,34)(H,31,33)(H,32,35). The SMILES string of the molecule is CC1(C)CSc2c(Oc3ccc(NC(=O)c4c[nH]cc(-c5ccc(F)cc5)c4=O)cc3F)ccnc2N1. The predicted molar refractivity (Wildman–Crippen MR) is 140 cm³/mol. The third kappa shape index (κ3) is 5.19. The van der Waals surface area contributed by atoms with Gasteiger partial charge in [0, 0.05) is 53.3 Å². The van der Waals surface area contributed by atoms with Crippen LogP contribution in [0.1, 0.15) is 24.2 Å². The molecule has 188 valence electrons. The lowest BCUT2D eigenvalue weighted by Gasteiger charge is -2.32. The van der Waals surface area contributed by atoms with Crippen molar-refractivity contribution in [2.45, 2.75) is 24.3 Å². The molecular weight excluding hydrogens is 498 g/mol. The molecule has 37 heavy (non-hydrogen) atoms. The largest absolute Gasteiger partial charge is 0.453 e. The van der Waals surface area contributed by atoms with Crippen molar-refractivity contribution in [2.75, 3.05) is 16.4 Å². The molecule has 7 nitrogen and oxygen atoms in total. The molecule has 1 amide bonds. The van der Waals surface area contributed by atoms with Gasteiger partial charge in [-0.25, -0.2) is 13.8 Å². The highest BCUT2D eigenvalue weighted by Gasteiger charge is 2.28. The van der Waals surface area contributed by atoms with Crippen molar-refractivity contribution in [1.82, 2.24) is 9.97 Å².